The molecule has 4 heteroatoms. The zero-order chi connectivity index (χ0) is 12.2. The molecule has 2 heterocycles. The van der Waals surface area contributed by atoms with Gasteiger partial charge in [-0.2, -0.15) is 0 Å². The van der Waals surface area contributed by atoms with Gasteiger partial charge in [-0.25, -0.2) is 4.39 Å². The van der Waals surface area contributed by atoms with Crippen LogP contribution in [0.2, 0.25) is 0 Å². The molecule has 0 saturated heterocycles. The highest BCUT2D eigenvalue weighted by Gasteiger charge is 2.25. The summed E-state index contributed by atoms with van der Waals surface area (Å²) < 4.78 is 15.5. The number of hydrogen-bond acceptors (Lipinski definition) is 1. The Morgan fingerprint density at radius 1 is 1.47 bits per heavy atom. The predicted octanol–water partition coefficient (Wildman–Crippen LogP) is 2.39. The van der Waals surface area contributed by atoms with Crippen molar-refractivity contribution >= 4 is 16.8 Å². The van der Waals surface area contributed by atoms with Crippen molar-refractivity contribution in [3.63, 3.8) is 0 Å². The highest BCUT2D eigenvalue weighted by Crippen LogP contribution is 2.29. The number of nitrogens with zero attached hydrogens (tertiary/aromatic N) is 1. The number of carbonyl (C=O) groups is 1. The van der Waals surface area contributed by atoms with Gasteiger partial charge in [-0.05, 0) is 32.0 Å². The van der Waals surface area contributed by atoms with E-state index in [2.05, 4.69) is 5.32 Å². The van der Waals surface area contributed by atoms with Crippen LogP contribution >= 0.6 is 0 Å². The van der Waals surface area contributed by atoms with Gasteiger partial charge in [0.05, 0.1) is 5.52 Å². The van der Waals surface area contributed by atoms with Gasteiger partial charge >= 0.3 is 0 Å². The first kappa shape index (κ1) is 10.3. The van der Waals surface area contributed by atoms with Gasteiger partial charge in [-0.1, -0.05) is 0 Å². The van der Waals surface area contributed by atoms with Gasteiger partial charge in [0, 0.05) is 23.5 Å². The molecule has 1 aromatic carbocycles. The fourth-order valence-corrected chi connectivity index (χ4v) is 2.53. The first-order valence-corrected chi connectivity index (χ1v) is 5.68. The first-order chi connectivity index (χ1) is 8.09. The lowest BCUT2D eigenvalue weighted by molar-refractivity contribution is 0.0919. The maximum Gasteiger partial charge on any atom is 0.268 e. The van der Waals surface area contributed by atoms with Crippen LogP contribution in [0, 0.1) is 12.7 Å². The Morgan fingerprint density at radius 3 is 3.00 bits per heavy atom. The van der Waals surface area contributed by atoms with Crippen molar-refractivity contribution in [2.24, 2.45) is 0 Å². The zero-order valence-electron chi connectivity index (χ0n) is 9.75. The van der Waals surface area contributed by atoms with Gasteiger partial charge in [0.25, 0.3) is 5.91 Å². The van der Waals surface area contributed by atoms with Crippen molar-refractivity contribution in [1.29, 1.82) is 0 Å². The Labute approximate surface area is 98.2 Å². The molecule has 0 fully saturated rings. The minimum Gasteiger partial charge on any atom is -0.349 e. The van der Waals surface area contributed by atoms with E-state index in [9.17, 15) is 9.18 Å². The molecule has 0 spiro atoms. The highest BCUT2D eigenvalue weighted by atomic mass is 19.1. The molecule has 17 heavy (non-hydrogen) atoms. The molecular formula is C13H13FN2O. The largest absolute Gasteiger partial charge is 0.349 e. The van der Waals surface area contributed by atoms with Gasteiger partial charge in [-0.3, -0.25) is 4.79 Å². The lowest BCUT2D eigenvalue weighted by Gasteiger charge is -2.24. The summed E-state index contributed by atoms with van der Waals surface area (Å²) >= 11 is 0. The molecule has 0 saturated carbocycles. The van der Waals surface area contributed by atoms with Crippen LogP contribution in [0.4, 0.5) is 4.39 Å². The molecule has 3 rings (SSSR count). The minimum atomic E-state index is -0.225. The van der Waals surface area contributed by atoms with Gasteiger partial charge in [0.1, 0.15) is 11.5 Å². The molecule has 1 aliphatic rings. The molecule has 1 N–H and O–H groups in total. The summed E-state index contributed by atoms with van der Waals surface area (Å²) in [4.78, 5) is 11.8. The van der Waals surface area contributed by atoms with Gasteiger partial charge in [0.2, 0.25) is 0 Å². The van der Waals surface area contributed by atoms with Gasteiger partial charge < -0.3 is 9.88 Å². The average Bonchev–Trinajstić information content (AvgIpc) is 2.70. The van der Waals surface area contributed by atoms with E-state index < -0.39 is 0 Å². The average molecular weight is 232 g/mol. The molecule has 88 valence electrons. The second kappa shape index (κ2) is 3.32. The lowest BCUT2D eigenvalue weighted by Crippen LogP contribution is -2.37. The fourth-order valence-electron chi connectivity index (χ4n) is 2.53. The number of halogens is 1. The summed E-state index contributed by atoms with van der Waals surface area (Å²) in [5.41, 5.74) is 2.06. The lowest BCUT2D eigenvalue weighted by atomic mass is 10.1. The number of nitrogens with one attached hydrogen (secondary N) is 1. The standard InChI is InChI=1S/C13H13FN2O/c1-7-6-15-13(17)11-5-9-3-4-10(14)8(2)12(9)16(7)11/h3-5,7H,6H2,1-2H3,(H,15,17)/t7-/m1/s1. The van der Waals surface area contributed by atoms with Crippen LogP contribution in [0.15, 0.2) is 18.2 Å². The van der Waals surface area contributed by atoms with Crippen molar-refractivity contribution in [2.45, 2.75) is 19.9 Å². The van der Waals surface area contributed by atoms with Crippen LogP contribution in [0.25, 0.3) is 10.9 Å². The van der Waals surface area contributed by atoms with Crippen LogP contribution < -0.4 is 5.32 Å². The summed E-state index contributed by atoms with van der Waals surface area (Å²) in [6, 6.07) is 5.16. The van der Waals surface area contributed by atoms with Crippen molar-refractivity contribution in [2.75, 3.05) is 6.54 Å². The molecule has 1 aliphatic heterocycles. The summed E-state index contributed by atoms with van der Waals surface area (Å²) in [5.74, 6) is -0.310. The summed E-state index contributed by atoms with van der Waals surface area (Å²) in [6.07, 6.45) is 0. The molecule has 1 amide bonds. The molecule has 0 bridgehead atoms. The van der Waals surface area contributed by atoms with E-state index in [0.29, 0.717) is 17.8 Å². The normalized spacial score (nSPS) is 19.2. The SMILES string of the molecule is Cc1c(F)ccc2cc3n(c12)[C@H](C)CNC3=O. The highest BCUT2D eigenvalue weighted by molar-refractivity contribution is 6.00. The van der Waals surface area contributed by atoms with E-state index in [1.54, 1.807) is 13.0 Å². The van der Waals surface area contributed by atoms with E-state index in [1.807, 2.05) is 17.6 Å². The van der Waals surface area contributed by atoms with Gasteiger partial charge in [-0.15, -0.1) is 0 Å². The number of rotatable bonds is 0. The van der Waals surface area contributed by atoms with E-state index in [0.717, 1.165) is 10.9 Å². The summed E-state index contributed by atoms with van der Waals surface area (Å²) in [5, 5.41) is 3.75. The quantitative estimate of drug-likeness (QED) is 0.743. The number of aryl methyl sites for hydroxylation is 1. The topological polar surface area (TPSA) is 34.0 Å². The van der Waals surface area contributed by atoms with E-state index in [1.165, 1.54) is 6.07 Å². The van der Waals surface area contributed by atoms with Crippen molar-refractivity contribution in [1.82, 2.24) is 9.88 Å². The molecule has 0 aliphatic carbocycles. The Kier molecular flexibility index (Phi) is 2.02. The second-order valence-corrected chi connectivity index (χ2v) is 4.57. The number of carbonyl (C=O) groups excluding carboxylic acids is 1. The van der Waals surface area contributed by atoms with Crippen molar-refractivity contribution in [3.05, 3.63) is 35.3 Å². The van der Waals surface area contributed by atoms with Crippen LogP contribution in [0.3, 0.4) is 0 Å². The number of hydrogen-bond donors (Lipinski definition) is 1. The number of fused-ring (bicyclic) bond motifs is 3. The fraction of sp³-hybridized carbons (Fsp3) is 0.308. The Balaban J connectivity index is 2.44. The van der Waals surface area contributed by atoms with Crippen molar-refractivity contribution in [3.8, 4) is 0 Å². The van der Waals surface area contributed by atoms with E-state index in [4.69, 9.17) is 0 Å². The third-order valence-electron chi connectivity index (χ3n) is 3.42. The molecule has 3 nitrogen and oxygen atoms in total. The maximum absolute atomic E-state index is 13.6. The maximum atomic E-state index is 13.6. The van der Waals surface area contributed by atoms with Crippen LogP contribution in [0.1, 0.15) is 29.0 Å². The predicted molar refractivity (Wildman–Crippen MR) is 63.7 cm³/mol. The molecule has 0 unspecified atom stereocenters. The Hall–Kier alpha value is -1.84. The van der Waals surface area contributed by atoms with Crippen LogP contribution in [-0.2, 0) is 0 Å². The minimum absolute atomic E-state index is 0.0842. The third kappa shape index (κ3) is 1.30. The Morgan fingerprint density at radius 2 is 2.24 bits per heavy atom. The number of aromatic nitrogens is 1. The summed E-state index contributed by atoms with van der Waals surface area (Å²) in [6.45, 7) is 4.36. The molecule has 1 aromatic heterocycles. The second-order valence-electron chi connectivity index (χ2n) is 4.57. The van der Waals surface area contributed by atoms with Crippen LogP contribution in [-0.4, -0.2) is 17.0 Å². The summed E-state index contributed by atoms with van der Waals surface area (Å²) in [7, 11) is 0. The zero-order valence-corrected chi connectivity index (χ0v) is 9.75. The third-order valence-corrected chi connectivity index (χ3v) is 3.42. The monoisotopic (exact) mass is 232 g/mol. The number of benzene rings is 1. The molecule has 1 atom stereocenters. The van der Waals surface area contributed by atoms with Crippen molar-refractivity contribution < 1.29 is 9.18 Å². The van der Waals surface area contributed by atoms with Crippen LogP contribution in [0.5, 0.6) is 0 Å². The van der Waals surface area contributed by atoms with E-state index in [-0.39, 0.29) is 17.8 Å². The van der Waals surface area contributed by atoms with E-state index >= 15 is 0 Å². The van der Waals surface area contributed by atoms with Gasteiger partial charge in [0.15, 0.2) is 0 Å². The molecular weight excluding hydrogens is 219 g/mol. The first-order valence-electron chi connectivity index (χ1n) is 5.68. The molecule has 0 radical (unpaired) electrons. The number of amides is 1. The molecule has 2 aromatic rings. The smallest absolute Gasteiger partial charge is 0.268 e. The Bertz CT molecular complexity index is 630.